The second-order valence-corrected chi connectivity index (χ2v) is 10.1. The van der Waals surface area contributed by atoms with Crippen molar-refractivity contribution in [3.63, 3.8) is 0 Å². The smallest absolute Gasteiger partial charge is 0.242 e. The summed E-state index contributed by atoms with van der Waals surface area (Å²) in [5, 5.41) is 3.13. The number of methoxy groups -OCH3 is 1. The first-order valence-electron chi connectivity index (χ1n) is 10.1. The second-order valence-electron chi connectivity index (χ2n) is 7.92. The molecular weight excluding hydrogens is 400 g/mol. The van der Waals surface area contributed by atoms with E-state index in [-0.39, 0.29) is 23.3 Å². The lowest BCUT2D eigenvalue weighted by Gasteiger charge is -2.21. The quantitative estimate of drug-likeness (QED) is 0.620. The molecule has 1 N–H and O–H groups in total. The van der Waals surface area contributed by atoms with Crippen molar-refractivity contribution in [1.82, 2.24) is 9.62 Å². The molecule has 2 rings (SSSR count). The van der Waals surface area contributed by atoms with Crippen molar-refractivity contribution >= 4 is 15.9 Å². The van der Waals surface area contributed by atoms with Crippen molar-refractivity contribution in [1.29, 1.82) is 0 Å². The Hall–Kier alpha value is -2.38. The normalized spacial score (nSPS) is 12.8. The van der Waals surface area contributed by atoms with Crippen LogP contribution < -0.4 is 10.1 Å². The molecular formula is C23H32N2O4S. The van der Waals surface area contributed by atoms with Crippen LogP contribution in [0.25, 0.3) is 0 Å². The standard InChI is InChI=1S/C23H32N2O4S/c1-17(2)15-21(18-9-7-6-8-10-18)24-23(26)14-11-19-16-20(12-13-22(19)29-5)30(27,28)25(3)4/h6-10,12-13,16-17,21H,11,14-15H2,1-5H3,(H,24,26). The van der Waals surface area contributed by atoms with Crippen LogP contribution in [-0.4, -0.2) is 39.8 Å². The molecule has 1 atom stereocenters. The molecule has 30 heavy (non-hydrogen) atoms. The number of benzene rings is 2. The summed E-state index contributed by atoms with van der Waals surface area (Å²) in [5.41, 5.74) is 1.77. The number of carbonyl (C=O) groups excluding carboxylic acids is 1. The van der Waals surface area contributed by atoms with Crippen molar-refractivity contribution in [2.45, 2.75) is 44.0 Å². The molecule has 2 aromatic rings. The Balaban J connectivity index is 2.14. The largest absolute Gasteiger partial charge is 0.496 e. The van der Waals surface area contributed by atoms with Crippen LogP contribution in [0.15, 0.2) is 53.4 Å². The topological polar surface area (TPSA) is 75.7 Å². The third kappa shape index (κ3) is 6.31. The van der Waals surface area contributed by atoms with E-state index >= 15 is 0 Å². The third-order valence-electron chi connectivity index (χ3n) is 4.90. The predicted molar refractivity (Wildman–Crippen MR) is 119 cm³/mol. The number of nitrogens with zero attached hydrogens (tertiary/aromatic N) is 1. The minimum atomic E-state index is -3.55. The molecule has 1 amide bonds. The lowest BCUT2D eigenvalue weighted by Crippen LogP contribution is -2.29. The zero-order chi connectivity index (χ0) is 22.3. The fourth-order valence-electron chi connectivity index (χ4n) is 3.27. The first kappa shape index (κ1) is 23.9. The van der Waals surface area contributed by atoms with Gasteiger partial charge in [-0.3, -0.25) is 4.79 Å². The molecule has 0 aliphatic carbocycles. The van der Waals surface area contributed by atoms with Crippen LogP contribution in [0.3, 0.4) is 0 Å². The fourth-order valence-corrected chi connectivity index (χ4v) is 4.22. The number of aryl methyl sites for hydroxylation is 1. The summed E-state index contributed by atoms with van der Waals surface area (Å²) >= 11 is 0. The van der Waals surface area contributed by atoms with Gasteiger partial charge in [0.2, 0.25) is 15.9 Å². The number of hydrogen-bond acceptors (Lipinski definition) is 4. The fraction of sp³-hybridized carbons (Fsp3) is 0.435. The minimum Gasteiger partial charge on any atom is -0.496 e. The van der Waals surface area contributed by atoms with Crippen molar-refractivity contribution < 1.29 is 17.9 Å². The molecule has 6 nitrogen and oxygen atoms in total. The molecule has 0 radical (unpaired) electrons. The van der Waals surface area contributed by atoms with Crippen LogP contribution in [0, 0.1) is 5.92 Å². The first-order valence-corrected chi connectivity index (χ1v) is 11.5. The van der Waals surface area contributed by atoms with E-state index in [0.29, 0.717) is 23.7 Å². The van der Waals surface area contributed by atoms with E-state index in [0.717, 1.165) is 12.0 Å². The summed E-state index contributed by atoms with van der Waals surface area (Å²) in [6, 6.07) is 14.6. The summed E-state index contributed by atoms with van der Waals surface area (Å²) in [6.07, 6.45) is 1.47. The highest BCUT2D eigenvalue weighted by Gasteiger charge is 2.20. The predicted octanol–water partition coefficient (Wildman–Crippen LogP) is 3.78. The van der Waals surface area contributed by atoms with Gasteiger partial charge < -0.3 is 10.1 Å². The van der Waals surface area contributed by atoms with Gasteiger partial charge in [-0.1, -0.05) is 44.2 Å². The van der Waals surface area contributed by atoms with Crippen molar-refractivity contribution in [3.8, 4) is 5.75 Å². The molecule has 0 bridgehead atoms. The molecule has 0 aliphatic rings. The van der Waals surface area contributed by atoms with E-state index in [4.69, 9.17) is 4.74 Å². The van der Waals surface area contributed by atoms with E-state index in [1.165, 1.54) is 31.6 Å². The van der Waals surface area contributed by atoms with Gasteiger partial charge in [-0.15, -0.1) is 0 Å². The highest BCUT2D eigenvalue weighted by Crippen LogP contribution is 2.26. The van der Waals surface area contributed by atoms with Gasteiger partial charge in [0, 0.05) is 20.5 Å². The van der Waals surface area contributed by atoms with Crippen LogP contribution >= 0.6 is 0 Å². The van der Waals surface area contributed by atoms with Crippen LogP contribution in [0.5, 0.6) is 5.75 Å². The van der Waals surface area contributed by atoms with E-state index in [1.807, 2.05) is 30.3 Å². The number of nitrogens with one attached hydrogen (secondary N) is 1. The Labute approximate surface area is 180 Å². The molecule has 0 aromatic heterocycles. The van der Waals surface area contributed by atoms with Crippen molar-refractivity contribution in [2.75, 3.05) is 21.2 Å². The van der Waals surface area contributed by atoms with E-state index in [1.54, 1.807) is 12.1 Å². The van der Waals surface area contributed by atoms with Gasteiger partial charge in [0.1, 0.15) is 5.75 Å². The molecule has 0 aliphatic heterocycles. The molecule has 0 fully saturated rings. The van der Waals surface area contributed by atoms with Gasteiger partial charge >= 0.3 is 0 Å². The second kappa shape index (κ2) is 10.6. The summed E-state index contributed by atoms with van der Waals surface area (Å²) < 4.78 is 31.4. The van der Waals surface area contributed by atoms with Gasteiger partial charge in [-0.25, -0.2) is 12.7 Å². The number of carbonyl (C=O) groups is 1. The van der Waals surface area contributed by atoms with Crippen LogP contribution in [0.4, 0.5) is 0 Å². The maximum absolute atomic E-state index is 12.7. The van der Waals surface area contributed by atoms with Gasteiger partial charge in [0.25, 0.3) is 0 Å². The molecule has 7 heteroatoms. The Morgan fingerprint density at radius 2 is 1.77 bits per heavy atom. The molecule has 0 spiro atoms. The molecule has 1 unspecified atom stereocenters. The third-order valence-corrected chi connectivity index (χ3v) is 6.71. The summed E-state index contributed by atoms with van der Waals surface area (Å²) in [4.78, 5) is 12.9. The molecule has 0 saturated carbocycles. The first-order chi connectivity index (χ1) is 14.1. The average molecular weight is 433 g/mol. The zero-order valence-corrected chi connectivity index (χ0v) is 19.2. The Kier molecular flexibility index (Phi) is 8.43. The Morgan fingerprint density at radius 3 is 2.33 bits per heavy atom. The average Bonchev–Trinajstić information content (AvgIpc) is 2.71. The number of ether oxygens (including phenoxy) is 1. The highest BCUT2D eigenvalue weighted by molar-refractivity contribution is 7.89. The van der Waals surface area contributed by atoms with Crippen LogP contribution in [-0.2, 0) is 21.2 Å². The molecule has 0 saturated heterocycles. The van der Waals surface area contributed by atoms with Crippen LogP contribution in [0.1, 0.15) is 43.9 Å². The number of amides is 1. The van der Waals surface area contributed by atoms with E-state index in [2.05, 4.69) is 19.2 Å². The lowest BCUT2D eigenvalue weighted by atomic mass is 9.96. The van der Waals surface area contributed by atoms with Gasteiger partial charge in [-0.05, 0) is 48.1 Å². The van der Waals surface area contributed by atoms with Crippen molar-refractivity contribution in [2.24, 2.45) is 5.92 Å². The van der Waals surface area contributed by atoms with Gasteiger partial charge in [-0.2, -0.15) is 0 Å². The van der Waals surface area contributed by atoms with Gasteiger partial charge in [0.15, 0.2) is 0 Å². The number of rotatable bonds is 10. The SMILES string of the molecule is COc1ccc(S(=O)(=O)N(C)C)cc1CCC(=O)NC(CC(C)C)c1ccccc1. The van der Waals surface area contributed by atoms with Gasteiger partial charge in [0.05, 0.1) is 18.0 Å². The number of sulfonamides is 1. The van der Waals surface area contributed by atoms with Crippen LogP contribution in [0.2, 0.25) is 0 Å². The zero-order valence-electron chi connectivity index (χ0n) is 18.4. The summed E-state index contributed by atoms with van der Waals surface area (Å²) in [6.45, 7) is 4.26. The molecule has 2 aromatic carbocycles. The highest BCUT2D eigenvalue weighted by atomic mass is 32.2. The van der Waals surface area contributed by atoms with E-state index < -0.39 is 10.0 Å². The summed E-state index contributed by atoms with van der Waals surface area (Å²) in [7, 11) is 0.963. The molecule has 164 valence electrons. The monoisotopic (exact) mass is 432 g/mol. The molecule has 0 heterocycles. The maximum Gasteiger partial charge on any atom is 0.242 e. The van der Waals surface area contributed by atoms with E-state index in [9.17, 15) is 13.2 Å². The van der Waals surface area contributed by atoms with Crippen molar-refractivity contribution in [3.05, 3.63) is 59.7 Å². The Morgan fingerprint density at radius 1 is 1.10 bits per heavy atom. The Bertz CT molecular complexity index is 941. The maximum atomic E-state index is 12.7. The summed E-state index contributed by atoms with van der Waals surface area (Å²) in [5.74, 6) is 0.929. The minimum absolute atomic E-state index is 0.0546. The number of hydrogen-bond donors (Lipinski definition) is 1. The lowest BCUT2D eigenvalue weighted by molar-refractivity contribution is -0.121.